The molecule has 3 heterocycles. The van der Waals surface area contributed by atoms with Crippen LogP contribution < -0.4 is 15.9 Å². The van der Waals surface area contributed by atoms with Crippen LogP contribution in [-0.2, 0) is 10.5 Å². The fourth-order valence-corrected chi connectivity index (χ4v) is 4.16. The molecule has 29 heavy (non-hydrogen) atoms. The van der Waals surface area contributed by atoms with Gasteiger partial charge in [0.15, 0.2) is 5.17 Å². The first-order chi connectivity index (χ1) is 14.2. The minimum Gasteiger partial charge on any atom is -0.465 e. The number of amides is 1. The second-order valence-corrected chi connectivity index (χ2v) is 7.83. The van der Waals surface area contributed by atoms with Gasteiger partial charge in [-0.15, -0.1) is 5.10 Å². The average molecular weight is 402 g/mol. The van der Waals surface area contributed by atoms with Crippen LogP contribution in [0.15, 0.2) is 81.4 Å². The van der Waals surface area contributed by atoms with E-state index < -0.39 is 6.17 Å². The number of hydrogen-bond acceptors (Lipinski definition) is 6. The molecule has 0 radical (unpaired) electrons. The lowest BCUT2D eigenvalue weighted by Crippen LogP contribution is -2.50. The number of carbonyl (C=O) groups is 1. The molecular weight excluding hydrogens is 384 g/mol. The summed E-state index contributed by atoms with van der Waals surface area (Å²) in [6.45, 7) is 2.06. The SMILES string of the molecule is Cc1ccc(CSC2=NN3C(=c4ccccc4=NC3c3ccco3)C(=O)N2)cc1. The molecule has 0 spiro atoms. The number of fused-ring (bicyclic) bond motifs is 2. The lowest BCUT2D eigenvalue weighted by molar-refractivity contribution is -0.116. The van der Waals surface area contributed by atoms with Crippen LogP contribution in [0.2, 0.25) is 0 Å². The third kappa shape index (κ3) is 3.34. The van der Waals surface area contributed by atoms with Gasteiger partial charge in [0.2, 0.25) is 6.17 Å². The van der Waals surface area contributed by atoms with Crippen LogP contribution in [-0.4, -0.2) is 16.1 Å². The zero-order valence-electron chi connectivity index (χ0n) is 15.7. The summed E-state index contributed by atoms with van der Waals surface area (Å²) >= 11 is 1.49. The Kier molecular flexibility index (Phi) is 4.44. The Hall–Kier alpha value is -3.32. The highest BCUT2D eigenvalue weighted by molar-refractivity contribution is 8.13. The highest BCUT2D eigenvalue weighted by atomic mass is 32.2. The summed E-state index contributed by atoms with van der Waals surface area (Å²) in [6, 6.07) is 19.6. The first kappa shape index (κ1) is 17.8. The lowest BCUT2D eigenvalue weighted by Gasteiger charge is -2.32. The number of nitrogens with one attached hydrogen (secondary N) is 1. The zero-order chi connectivity index (χ0) is 19.8. The summed E-state index contributed by atoms with van der Waals surface area (Å²) in [4.78, 5) is 17.8. The Bertz CT molecular complexity index is 1220. The smallest absolute Gasteiger partial charge is 0.276 e. The summed E-state index contributed by atoms with van der Waals surface area (Å²) in [6.07, 6.45) is 1.09. The van der Waals surface area contributed by atoms with E-state index in [-0.39, 0.29) is 5.91 Å². The molecule has 2 aromatic carbocycles. The molecule has 2 aliphatic heterocycles. The highest BCUT2D eigenvalue weighted by Gasteiger charge is 2.35. The predicted molar refractivity (Wildman–Crippen MR) is 112 cm³/mol. The minimum atomic E-state index is -0.518. The van der Waals surface area contributed by atoms with Crippen LogP contribution in [0, 0.1) is 6.92 Å². The van der Waals surface area contributed by atoms with Crippen molar-refractivity contribution in [3.05, 3.63) is 94.4 Å². The van der Waals surface area contributed by atoms with Crippen molar-refractivity contribution in [2.24, 2.45) is 10.1 Å². The fraction of sp³-hybridized carbons (Fsp3) is 0.136. The van der Waals surface area contributed by atoms with Gasteiger partial charge >= 0.3 is 0 Å². The lowest BCUT2D eigenvalue weighted by atomic mass is 10.1. The van der Waals surface area contributed by atoms with Crippen LogP contribution in [0.3, 0.4) is 0 Å². The molecule has 0 fully saturated rings. The van der Waals surface area contributed by atoms with E-state index >= 15 is 0 Å². The first-order valence-electron chi connectivity index (χ1n) is 9.27. The maximum absolute atomic E-state index is 13.0. The van der Waals surface area contributed by atoms with E-state index in [1.165, 1.54) is 22.9 Å². The van der Waals surface area contributed by atoms with Crippen LogP contribution in [0.1, 0.15) is 23.1 Å². The molecule has 1 atom stereocenters. The molecule has 5 rings (SSSR count). The molecule has 1 amide bonds. The number of hydrogen-bond donors (Lipinski definition) is 1. The van der Waals surface area contributed by atoms with Gasteiger partial charge in [0, 0.05) is 11.0 Å². The number of carbonyl (C=O) groups excluding carboxylic acids is 1. The Morgan fingerprint density at radius 3 is 2.72 bits per heavy atom. The van der Waals surface area contributed by atoms with Crippen molar-refractivity contribution < 1.29 is 9.21 Å². The van der Waals surface area contributed by atoms with E-state index in [9.17, 15) is 4.79 Å². The van der Waals surface area contributed by atoms with Gasteiger partial charge < -0.3 is 4.42 Å². The quantitative estimate of drug-likeness (QED) is 0.731. The van der Waals surface area contributed by atoms with Crippen molar-refractivity contribution >= 4 is 28.5 Å². The van der Waals surface area contributed by atoms with Gasteiger partial charge in [0.05, 0.1) is 11.6 Å². The maximum Gasteiger partial charge on any atom is 0.276 e. The molecule has 3 aromatic rings. The van der Waals surface area contributed by atoms with Crippen molar-refractivity contribution in [2.75, 3.05) is 0 Å². The van der Waals surface area contributed by atoms with E-state index in [0.717, 1.165) is 10.6 Å². The average Bonchev–Trinajstić information content (AvgIpc) is 3.27. The van der Waals surface area contributed by atoms with Crippen molar-refractivity contribution in [3.8, 4) is 0 Å². The molecule has 1 N–H and O–H groups in total. The number of thioether (sulfide) groups is 1. The normalized spacial score (nSPS) is 17.8. The van der Waals surface area contributed by atoms with E-state index in [1.807, 2.05) is 36.4 Å². The van der Waals surface area contributed by atoms with Crippen molar-refractivity contribution in [1.82, 2.24) is 10.3 Å². The van der Waals surface area contributed by atoms with E-state index in [2.05, 4.69) is 36.5 Å². The van der Waals surface area contributed by atoms with E-state index in [4.69, 9.17) is 14.5 Å². The van der Waals surface area contributed by atoms with Gasteiger partial charge in [-0.05, 0) is 30.7 Å². The summed E-state index contributed by atoms with van der Waals surface area (Å²) in [5.41, 5.74) is 2.87. The molecular formula is C22H18N4O2S. The fourth-order valence-electron chi connectivity index (χ4n) is 3.35. The van der Waals surface area contributed by atoms with Crippen LogP contribution in [0.4, 0.5) is 0 Å². The topological polar surface area (TPSA) is 70.2 Å². The molecule has 6 nitrogen and oxygen atoms in total. The summed E-state index contributed by atoms with van der Waals surface area (Å²) in [5.74, 6) is 1.16. The number of furan rings is 1. The Balaban J connectivity index is 1.53. The third-order valence-corrected chi connectivity index (χ3v) is 5.74. The van der Waals surface area contributed by atoms with E-state index in [1.54, 1.807) is 11.3 Å². The van der Waals surface area contributed by atoms with Crippen LogP contribution >= 0.6 is 11.8 Å². The molecule has 0 bridgehead atoms. The number of nitrogens with zero attached hydrogens (tertiary/aromatic N) is 3. The van der Waals surface area contributed by atoms with Gasteiger partial charge in [-0.2, -0.15) is 0 Å². The van der Waals surface area contributed by atoms with Gasteiger partial charge in [0.1, 0.15) is 11.5 Å². The number of hydrazone groups is 1. The second-order valence-electron chi connectivity index (χ2n) is 6.86. The Morgan fingerprint density at radius 1 is 1.10 bits per heavy atom. The summed E-state index contributed by atoms with van der Waals surface area (Å²) in [7, 11) is 0. The van der Waals surface area contributed by atoms with Gasteiger partial charge in [-0.25, -0.2) is 10.0 Å². The van der Waals surface area contributed by atoms with E-state index in [0.29, 0.717) is 22.4 Å². The highest BCUT2D eigenvalue weighted by Crippen LogP contribution is 2.31. The number of rotatable bonds is 3. The molecule has 0 saturated heterocycles. The number of para-hydroxylation sites is 1. The number of benzene rings is 2. The predicted octanol–water partition coefficient (Wildman–Crippen LogP) is 2.66. The van der Waals surface area contributed by atoms with Gasteiger partial charge in [-0.3, -0.25) is 10.1 Å². The number of amidine groups is 1. The van der Waals surface area contributed by atoms with Gasteiger partial charge in [0.25, 0.3) is 5.91 Å². The molecule has 1 aromatic heterocycles. The first-order valence-corrected chi connectivity index (χ1v) is 10.3. The summed E-state index contributed by atoms with van der Waals surface area (Å²) < 4.78 is 5.59. The minimum absolute atomic E-state index is 0.190. The molecule has 144 valence electrons. The summed E-state index contributed by atoms with van der Waals surface area (Å²) in [5, 5.41) is 11.4. The monoisotopic (exact) mass is 402 g/mol. The maximum atomic E-state index is 13.0. The standard InChI is InChI=1S/C22H18N4O2S/c1-14-8-10-15(11-9-14)13-29-22-24-21(27)19-16-5-2-3-6-17(16)23-20(26(19)25-22)18-7-4-12-28-18/h2-12,20H,13H2,1H3,(H,24,25,27). The van der Waals surface area contributed by atoms with Crippen molar-refractivity contribution in [2.45, 2.75) is 18.8 Å². The third-order valence-electron chi connectivity index (χ3n) is 4.81. The largest absolute Gasteiger partial charge is 0.465 e. The Labute approximate surface area is 171 Å². The Morgan fingerprint density at radius 2 is 1.93 bits per heavy atom. The molecule has 0 aliphatic carbocycles. The van der Waals surface area contributed by atoms with Crippen molar-refractivity contribution in [1.29, 1.82) is 0 Å². The van der Waals surface area contributed by atoms with Crippen LogP contribution in [0.5, 0.6) is 0 Å². The number of aryl methyl sites for hydroxylation is 1. The second kappa shape index (κ2) is 7.25. The molecule has 2 aliphatic rings. The zero-order valence-corrected chi connectivity index (χ0v) is 16.5. The molecule has 1 unspecified atom stereocenters. The van der Waals surface area contributed by atoms with Crippen molar-refractivity contribution in [3.63, 3.8) is 0 Å². The van der Waals surface area contributed by atoms with Crippen LogP contribution in [0.25, 0.3) is 5.70 Å². The van der Waals surface area contributed by atoms with Gasteiger partial charge in [-0.1, -0.05) is 59.8 Å². The molecule has 7 heteroatoms. The molecule has 0 saturated carbocycles.